The van der Waals surface area contributed by atoms with E-state index in [1.165, 1.54) is 0 Å². The van der Waals surface area contributed by atoms with Gasteiger partial charge in [0, 0.05) is 29.6 Å². The number of rotatable bonds is 6. The quantitative estimate of drug-likeness (QED) is 0.733. The first kappa shape index (κ1) is 14.3. The van der Waals surface area contributed by atoms with E-state index >= 15 is 0 Å². The van der Waals surface area contributed by atoms with Crippen molar-refractivity contribution in [3.05, 3.63) is 59.4 Å². The van der Waals surface area contributed by atoms with Crippen LogP contribution in [-0.4, -0.2) is 32.8 Å². The van der Waals surface area contributed by atoms with Crippen molar-refractivity contribution in [3.63, 3.8) is 0 Å². The highest BCUT2D eigenvalue weighted by Crippen LogP contribution is 2.27. The fraction of sp³-hybridized carbons (Fsp3) is 0.312. The van der Waals surface area contributed by atoms with Crippen molar-refractivity contribution in [2.45, 2.75) is 12.8 Å². The van der Waals surface area contributed by atoms with E-state index in [1.54, 1.807) is 11.3 Å². The molecule has 3 aromatic rings. The SMILES string of the molecule is OCC(CO)(Cc1ccccc1)Cc1cn2ccsc2n1. The predicted molar refractivity (Wildman–Crippen MR) is 83.5 cm³/mol. The first-order chi connectivity index (χ1) is 10.2. The lowest BCUT2D eigenvalue weighted by molar-refractivity contribution is 0.0541. The molecule has 2 heterocycles. The lowest BCUT2D eigenvalue weighted by Crippen LogP contribution is -2.35. The standard InChI is InChI=1S/C16H18N2O2S/c19-11-16(12-20,8-13-4-2-1-3-5-13)9-14-10-18-6-7-21-15(18)17-14/h1-7,10,19-20H,8-9,11-12H2. The second-order valence-electron chi connectivity index (χ2n) is 5.48. The fourth-order valence-corrected chi connectivity index (χ4v) is 3.33. The number of nitrogens with zero attached hydrogens (tertiary/aromatic N) is 2. The maximum Gasteiger partial charge on any atom is 0.193 e. The number of aliphatic hydroxyl groups excluding tert-OH is 2. The summed E-state index contributed by atoms with van der Waals surface area (Å²) < 4.78 is 1.97. The Morgan fingerprint density at radius 2 is 1.86 bits per heavy atom. The summed E-state index contributed by atoms with van der Waals surface area (Å²) >= 11 is 1.58. The molecule has 0 spiro atoms. The van der Waals surface area contributed by atoms with Crippen LogP contribution in [0.1, 0.15) is 11.3 Å². The van der Waals surface area contributed by atoms with Gasteiger partial charge in [-0.1, -0.05) is 30.3 Å². The van der Waals surface area contributed by atoms with Gasteiger partial charge in [-0.15, -0.1) is 11.3 Å². The molecule has 0 aliphatic heterocycles. The molecule has 0 bridgehead atoms. The van der Waals surface area contributed by atoms with Crippen molar-refractivity contribution in [3.8, 4) is 0 Å². The molecule has 0 amide bonds. The minimum Gasteiger partial charge on any atom is -0.396 e. The third kappa shape index (κ3) is 3.00. The number of hydrogen-bond donors (Lipinski definition) is 2. The average molecular weight is 302 g/mol. The molecule has 0 unspecified atom stereocenters. The van der Waals surface area contributed by atoms with Gasteiger partial charge in [0.2, 0.25) is 0 Å². The van der Waals surface area contributed by atoms with E-state index in [1.807, 2.05) is 52.5 Å². The van der Waals surface area contributed by atoms with Gasteiger partial charge in [0.15, 0.2) is 4.96 Å². The Kier molecular flexibility index (Phi) is 4.05. The molecule has 110 valence electrons. The highest BCUT2D eigenvalue weighted by Gasteiger charge is 2.30. The monoisotopic (exact) mass is 302 g/mol. The molecule has 0 saturated carbocycles. The number of benzene rings is 1. The van der Waals surface area contributed by atoms with Crippen LogP contribution in [0.3, 0.4) is 0 Å². The first-order valence-corrected chi connectivity index (χ1v) is 7.79. The van der Waals surface area contributed by atoms with Crippen LogP contribution in [0.15, 0.2) is 48.1 Å². The minimum absolute atomic E-state index is 0.0659. The van der Waals surface area contributed by atoms with Crippen molar-refractivity contribution in [2.75, 3.05) is 13.2 Å². The Morgan fingerprint density at radius 3 is 2.52 bits per heavy atom. The highest BCUT2D eigenvalue weighted by molar-refractivity contribution is 7.15. The highest BCUT2D eigenvalue weighted by atomic mass is 32.1. The van der Waals surface area contributed by atoms with Gasteiger partial charge in [0.25, 0.3) is 0 Å². The molecule has 2 N–H and O–H groups in total. The molecule has 0 saturated heterocycles. The van der Waals surface area contributed by atoms with Gasteiger partial charge in [0.1, 0.15) is 0 Å². The summed E-state index contributed by atoms with van der Waals surface area (Å²) in [5.41, 5.74) is 1.44. The summed E-state index contributed by atoms with van der Waals surface area (Å²) in [5, 5.41) is 21.7. The second kappa shape index (κ2) is 5.97. The molecule has 2 aromatic heterocycles. The van der Waals surface area contributed by atoms with Crippen LogP contribution in [0.4, 0.5) is 0 Å². The molecule has 5 heteroatoms. The largest absolute Gasteiger partial charge is 0.396 e. The smallest absolute Gasteiger partial charge is 0.193 e. The normalized spacial score (nSPS) is 12.1. The molecular formula is C16H18N2O2S. The van der Waals surface area contributed by atoms with E-state index in [-0.39, 0.29) is 13.2 Å². The molecule has 3 rings (SSSR count). The molecule has 0 radical (unpaired) electrons. The van der Waals surface area contributed by atoms with Gasteiger partial charge >= 0.3 is 0 Å². The molecule has 0 fully saturated rings. The van der Waals surface area contributed by atoms with Crippen molar-refractivity contribution in [1.29, 1.82) is 0 Å². The topological polar surface area (TPSA) is 57.8 Å². The van der Waals surface area contributed by atoms with Crippen LogP contribution >= 0.6 is 11.3 Å². The van der Waals surface area contributed by atoms with E-state index in [4.69, 9.17) is 0 Å². The van der Waals surface area contributed by atoms with Crippen molar-refractivity contribution in [1.82, 2.24) is 9.38 Å². The van der Waals surface area contributed by atoms with E-state index < -0.39 is 5.41 Å². The van der Waals surface area contributed by atoms with E-state index in [0.29, 0.717) is 12.8 Å². The molecule has 21 heavy (non-hydrogen) atoms. The Bertz CT molecular complexity index is 673. The predicted octanol–water partition coefficient (Wildman–Crippen LogP) is 2.15. The Hall–Kier alpha value is -1.69. The molecule has 0 atom stereocenters. The lowest BCUT2D eigenvalue weighted by Gasteiger charge is -2.29. The first-order valence-electron chi connectivity index (χ1n) is 6.91. The maximum atomic E-state index is 9.83. The Labute approximate surface area is 127 Å². The number of hydrogen-bond acceptors (Lipinski definition) is 4. The van der Waals surface area contributed by atoms with E-state index in [2.05, 4.69) is 4.98 Å². The zero-order valence-electron chi connectivity index (χ0n) is 11.6. The third-order valence-electron chi connectivity index (χ3n) is 3.79. The van der Waals surface area contributed by atoms with Crippen molar-refractivity contribution >= 4 is 16.3 Å². The second-order valence-corrected chi connectivity index (χ2v) is 6.35. The van der Waals surface area contributed by atoms with Crippen LogP contribution in [0.2, 0.25) is 0 Å². The minimum atomic E-state index is -0.578. The summed E-state index contributed by atoms with van der Waals surface area (Å²) in [7, 11) is 0. The average Bonchev–Trinajstić information content (AvgIpc) is 3.08. The molecule has 0 aliphatic carbocycles. The van der Waals surface area contributed by atoms with E-state index in [0.717, 1.165) is 16.2 Å². The summed E-state index contributed by atoms with van der Waals surface area (Å²) in [4.78, 5) is 5.49. The summed E-state index contributed by atoms with van der Waals surface area (Å²) in [6, 6.07) is 9.95. The third-order valence-corrected chi connectivity index (χ3v) is 4.56. The van der Waals surface area contributed by atoms with E-state index in [9.17, 15) is 10.2 Å². The van der Waals surface area contributed by atoms with Crippen LogP contribution < -0.4 is 0 Å². The summed E-state index contributed by atoms with van der Waals surface area (Å²) in [6.07, 6.45) is 5.12. The fourth-order valence-electron chi connectivity index (χ4n) is 2.61. The number of imidazole rings is 1. The van der Waals surface area contributed by atoms with Gasteiger partial charge in [-0.25, -0.2) is 4.98 Å². The van der Waals surface area contributed by atoms with Crippen LogP contribution in [0.25, 0.3) is 4.96 Å². The number of fused-ring (bicyclic) bond motifs is 1. The number of thiazole rings is 1. The summed E-state index contributed by atoms with van der Waals surface area (Å²) in [6.45, 7) is -0.132. The van der Waals surface area contributed by atoms with Crippen LogP contribution in [0, 0.1) is 5.41 Å². The van der Waals surface area contributed by atoms with Gasteiger partial charge in [-0.3, -0.25) is 4.40 Å². The summed E-state index contributed by atoms with van der Waals surface area (Å²) in [5.74, 6) is 0. The molecule has 4 nitrogen and oxygen atoms in total. The molecular weight excluding hydrogens is 284 g/mol. The molecule has 0 aliphatic rings. The lowest BCUT2D eigenvalue weighted by atomic mass is 9.79. The Morgan fingerprint density at radius 1 is 1.10 bits per heavy atom. The van der Waals surface area contributed by atoms with Crippen LogP contribution in [-0.2, 0) is 12.8 Å². The van der Waals surface area contributed by atoms with Gasteiger partial charge in [-0.05, 0) is 12.0 Å². The van der Waals surface area contributed by atoms with Crippen molar-refractivity contribution < 1.29 is 10.2 Å². The Balaban J connectivity index is 1.84. The van der Waals surface area contributed by atoms with Crippen molar-refractivity contribution in [2.24, 2.45) is 5.41 Å². The molecule has 1 aromatic carbocycles. The maximum absolute atomic E-state index is 9.83. The number of aromatic nitrogens is 2. The zero-order valence-corrected chi connectivity index (χ0v) is 12.5. The number of aliphatic hydroxyl groups is 2. The zero-order chi connectivity index (χ0) is 14.7. The van der Waals surface area contributed by atoms with Crippen LogP contribution in [0.5, 0.6) is 0 Å². The van der Waals surface area contributed by atoms with Gasteiger partial charge < -0.3 is 10.2 Å². The van der Waals surface area contributed by atoms with Gasteiger partial charge in [0.05, 0.1) is 18.9 Å². The van der Waals surface area contributed by atoms with Gasteiger partial charge in [-0.2, -0.15) is 0 Å².